The maximum Gasteiger partial charge on any atom is 0.137 e. The Balaban J connectivity index is 1.21. The normalized spacial score (nSPS) is 14.9. The lowest BCUT2D eigenvalue weighted by atomic mass is 9.89. The number of pyridine rings is 1. The minimum Gasteiger partial charge on any atom is -0.371 e. The van der Waals surface area contributed by atoms with Gasteiger partial charge in [0.05, 0.1) is 5.69 Å². The molecule has 0 radical (unpaired) electrons. The summed E-state index contributed by atoms with van der Waals surface area (Å²) in [6, 6.07) is 22.4. The number of anilines is 1. The lowest BCUT2D eigenvalue weighted by Crippen LogP contribution is -2.32. The molecule has 164 valence electrons. The lowest BCUT2D eigenvalue weighted by Gasteiger charge is -2.34. The van der Waals surface area contributed by atoms with Crippen LogP contribution in [0.15, 0.2) is 66.7 Å². The van der Waals surface area contributed by atoms with E-state index in [1.54, 1.807) is 12.1 Å². The van der Waals surface area contributed by atoms with Crippen LogP contribution < -0.4 is 4.90 Å². The van der Waals surface area contributed by atoms with Crippen molar-refractivity contribution >= 4 is 11.3 Å². The Hall–Kier alpha value is -3.14. The summed E-state index contributed by atoms with van der Waals surface area (Å²) in [5.74, 6) is 0.376. The van der Waals surface area contributed by atoms with Crippen LogP contribution >= 0.6 is 0 Å². The first-order valence-electron chi connectivity index (χ1n) is 11.6. The number of imidazole rings is 1. The molecule has 3 nitrogen and oxygen atoms in total. The van der Waals surface area contributed by atoms with Crippen molar-refractivity contribution in [1.29, 1.82) is 0 Å². The van der Waals surface area contributed by atoms with Gasteiger partial charge in [-0.05, 0) is 93.0 Å². The second-order valence-electron chi connectivity index (χ2n) is 8.98. The highest BCUT2D eigenvalue weighted by molar-refractivity contribution is 5.49. The predicted molar refractivity (Wildman–Crippen MR) is 129 cm³/mol. The summed E-state index contributed by atoms with van der Waals surface area (Å²) in [5.41, 5.74) is 8.63. The predicted octanol–water partition coefficient (Wildman–Crippen LogP) is 6.26. The standard InChI is InChI=1S/C28H30FN3/c1-20-4-3-5-28-30-21(2)27(32(20)28)15-8-22-6-13-26(14-7-22)31-18-16-24(17-19-31)23-9-11-25(29)12-10-23/h3-7,9-14,24H,8,15-19H2,1-2H3. The van der Waals surface area contributed by atoms with Gasteiger partial charge in [0.1, 0.15) is 11.5 Å². The summed E-state index contributed by atoms with van der Waals surface area (Å²) in [5, 5.41) is 0. The SMILES string of the molecule is Cc1nc2cccc(C)n2c1CCc1ccc(N2CCC(c3ccc(F)cc3)CC2)cc1. The number of hydrogen-bond acceptors (Lipinski definition) is 2. The fraction of sp³-hybridized carbons (Fsp3) is 0.321. The first-order chi connectivity index (χ1) is 15.6. The number of aromatic nitrogens is 2. The van der Waals surface area contributed by atoms with E-state index in [1.165, 1.54) is 28.2 Å². The molecule has 32 heavy (non-hydrogen) atoms. The molecule has 0 bridgehead atoms. The molecule has 0 amide bonds. The van der Waals surface area contributed by atoms with Gasteiger partial charge in [-0.1, -0.05) is 30.3 Å². The van der Waals surface area contributed by atoms with Crippen LogP contribution in [0.3, 0.4) is 0 Å². The van der Waals surface area contributed by atoms with E-state index in [4.69, 9.17) is 4.98 Å². The second kappa shape index (κ2) is 8.78. The van der Waals surface area contributed by atoms with E-state index in [-0.39, 0.29) is 5.82 Å². The quantitative estimate of drug-likeness (QED) is 0.375. The van der Waals surface area contributed by atoms with Crippen LogP contribution in [0.25, 0.3) is 5.65 Å². The van der Waals surface area contributed by atoms with Crippen LogP contribution in [0.1, 0.15) is 47.0 Å². The maximum absolute atomic E-state index is 13.2. The van der Waals surface area contributed by atoms with E-state index in [1.807, 2.05) is 12.1 Å². The first-order valence-corrected chi connectivity index (χ1v) is 11.6. The van der Waals surface area contributed by atoms with Crippen molar-refractivity contribution in [3.05, 3.63) is 101 Å². The summed E-state index contributed by atoms with van der Waals surface area (Å²) in [6.07, 6.45) is 4.22. The van der Waals surface area contributed by atoms with Gasteiger partial charge in [-0.3, -0.25) is 0 Å². The van der Waals surface area contributed by atoms with Crippen LogP contribution in [0.2, 0.25) is 0 Å². The Morgan fingerprint density at radius 1 is 0.875 bits per heavy atom. The molecule has 0 N–H and O–H groups in total. The number of nitrogens with zero attached hydrogens (tertiary/aromatic N) is 3. The van der Waals surface area contributed by atoms with Gasteiger partial charge < -0.3 is 9.30 Å². The molecule has 1 aliphatic rings. The average molecular weight is 428 g/mol. The summed E-state index contributed by atoms with van der Waals surface area (Å²) < 4.78 is 15.5. The molecule has 0 saturated carbocycles. The zero-order valence-corrected chi connectivity index (χ0v) is 18.9. The molecule has 2 aromatic heterocycles. The molecule has 2 aromatic carbocycles. The topological polar surface area (TPSA) is 20.5 Å². The molecule has 4 heteroatoms. The maximum atomic E-state index is 13.2. The van der Waals surface area contributed by atoms with Crippen molar-refractivity contribution in [3.8, 4) is 0 Å². The van der Waals surface area contributed by atoms with Gasteiger partial charge in [-0.15, -0.1) is 0 Å². The number of fused-ring (bicyclic) bond motifs is 1. The number of aryl methyl sites for hydroxylation is 4. The van der Waals surface area contributed by atoms with Crippen molar-refractivity contribution in [2.45, 2.75) is 45.4 Å². The Labute approximate surface area is 189 Å². The Bertz CT molecular complexity index is 1200. The van der Waals surface area contributed by atoms with Crippen molar-refractivity contribution in [1.82, 2.24) is 9.38 Å². The Kier molecular flexibility index (Phi) is 5.69. The third-order valence-corrected chi connectivity index (χ3v) is 6.92. The highest BCUT2D eigenvalue weighted by Crippen LogP contribution is 2.30. The summed E-state index contributed by atoms with van der Waals surface area (Å²) in [6.45, 7) is 6.34. The minimum absolute atomic E-state index is 0.155. The van der Waals surface area contributed by atoms with E-state index < -0.39 is 0 Å². The smallest absolute Gasteiger partial charge is 0.137 e. The molecule has 5 rings (SSSR count). The van der Waals surface area contributed by atoms with Crippen molar-refractivity contribution in [2.75, 3.05) is 18.0 Å². The average Bonchev–Trinajstić information content (AvgIpc) is 3.15. The Morgan fingerprint density at radius 2 is 1.59 bits per heavy atom. The first kappa shape index (κ1) is 20.7. The van der Waals surface area contributed by atoms with Crippen LogP contribution in [0, 0.1) is 19.7 Å². The largest absolute Gasteiger partial charge is 0.371 e. The van der Waals surface area contributed by atoms with Gasteiger partial charge in [0.2, 0.25) is 0 Å². The van der Waals surface area contributed by atoms with Crippen LogP contribution in [0.5, 0.6) is 0 Å². The van der Waals surface area contributed by atoms with E-state index in [9.17, 15) is 4.39 Å². The van der Waals surface area contributed by atoms with Gasteiger partial charge in [-0.2, -0.15) is 0 Å². The highest BCUT2D eigenvalue weighted by Gasteiger charge is 2.21. The molecule has 3 heterocycles. The number of hydrogen-bond donors (Lipinski definition) is 0. The number of piperidine rings is 1. The van der Waals surface area contributed by atoms with Gasteiger partial charge in [0, 0.05) is 30.2 Å². The Morgan fingerprint density at radius 3 is 2.31 bits per heavy atom. The number of rotatable bonds is 5. The molecular weight excluding hydrogens is 397 g/mol. The molecule has 1 aliphatic heterocycles. The molecule has 1 fully saturated rings. The molecule has 1 saturated heterocycles. The molecule has 4 aromatic rings. The van der Waals surface area contributed by atoms with E-state index in [2.05, 4.69) is 65.6 Å². The van der Waals surface area contributed by atoms with Gasteiger partial charge >= 0.3 is 0 Å². The summed E-state index contributed by atoms with van der Waals surface area (Å²) in [7, 11) is 0. The zero-order chi connectivity index (χ0) is 22.1. The van der Waals surface area contributed by atoms with Crippen LogP contribution in [-0.4, -0.2) is 22.5 Å². The van der Waals surface area contributed by atoms with E-state index >= 15 is 0 Å². The van der Waals surface area contributed by atoms with Gasteiger partial charge in [-0.25, -0.2) is 9.37 Å². The fourth-order valence-corrected chi connectivity index (χ4v) is 5.07. The van der Waals surface area contributed by atoms with Gasteiger partial charge in [0.25, 0.3) is 0 Å². The molecular formula is C28H30FN3. The monoisotopic (exact) mass is 427 g/mol. The minimum atomic E-state index is -0.155. The van der Waals surface area contributed by atoms with Crippen LogP contribution in [0.4, 0.5) is 10.1 Å². The number of benzene rings is 2. The third kappa shape index (κ3) is 4.14. The summed E-state index contributed by atoms with van der Waals surface area (Å²) >= 11 is 0. The van der Waals surface area contributed by atoms with E-state index in [0.29, 0.717) is 5.92 Å². The lowest BCUT2D eigenvalue weighted by molar-refractivity contribution is 0.504. The van der Waals surface area contributed by atoms with Crippen molar-refractivity contribution in [2.24, 2.45) is 0 Å². The molecule has 0 aliphatic carbocycles. The van der Waals surface area contributed by atoms with Crippen LogP contribution in [-0.2, 0) is 12.8 Å². The number of halogens is 1. The van der Waals surface area contributed by atoms with Crippen molar-refractivity contribution in [3.63, 3.8) is 0 Å². The second-order valence-corrected chi connectivity index (χ2v) is 8.98. The van der Waals surface area contributed by atoms with E-state index in [0.717, 1.165) is 50.1 Å². The van der Waals surface area contributed by atoms with Gasteiger partial charge in [0.15, 0.2) is 0 Å². The fourth-order valence-electron chi connectivity index (χ4n) is 5.07. The summed E-state index contributed by atoms with van der Waals surface area (Å²) in [4.78, 5) is 7.21. The highest BCUT2D eigenvalue weighted by atomic mass is 19.1. The molecule has 0 spiro atoms. The third-order valence-electron chi connectivity index (χ3n) is 6.92. The molecule has 0 atom stereocenters. The zero-order valence-electron chi connectivity index (χ0n) is 18.9. The van der Waals surface area contributed by atoms with Crippen molar-refractivity contribution < 1.29 is 4.39 Å². The molecule has 0 unspecified atom stereocenters.